The minimum Gasteiger partial charge on any atom is -0.480 e. The van der Waals surface area contributed by atoms with Gasteiger partial charge in [-0.05, 0) is 82.1 Å². The van der Waals surface area contributed by atoms with Crippen molar-refractivity contribution in [2.75, 3.05) is 26.2 Å². The second-order valence-electron chi connectivity index (χ2n) is 19.3. The van der Waals surface area contributed by atoms with Crippen LogP contribution in [0, 0.1) is 17.8 Å². The van der Waals surface area contributed by atoms with Crippen LogP contribution in [0.2, 0.25) is 0 Å². The number of amides is 9. The van der Waals surface area contributed by atoms with Gasteiger partial charge in [0.1, 0.15) is 42.3 Å². The fourth-order valence-corrected chi connectivity index (χ4v) is 7.89. The van der Waals surface area contributed by atoms with Crippen LogP contribution < -0.4 is 65.9 Å². The van der Waals surface area contributed by atoms with Gasteiger partial charge >= 0.3 is 5.97 Å². The van der Waals surface area contributed by atoms with Crippen LogP contribution in [-0.2, 0) is 54.4 Å². The van der Waals surface area contributed by atoms with Crippen LogP contribution in [-0.4, -0.2) is 160 Å². The van der Waals surface area contributed by atoms with Gasteiger partial charge in [0, 0.05) is 37.8 Å². The fourth-order valence-electron chi connectivity index (χ4n) is 7.89. The van der Waals surface area contributed by atoms with Crippen LogP contribution in [0.4, 0.5) is 0 Å². The van der Waals surface area contributed by atoms with E-state index in [1.54, 1.807) is 27.7 Å². The molecule has 9 amide bonds. The molecule has 27 nitrogen and oxygen atoms in total. The molecule has 1 aromatic heterocycles. The van der Waals surface area contributed by atoms with Gasteiger partial charge in [0.2, 0.25) is 53.2 Å². The van der Waals surface area contributed by atoms with Gasteiger partial charge in [0.15, 0.2) is 5.96 Å². The molecule has 1 fully saturated rings. The molecule has 410 valence electrons. The van der Waals surface area contributed by atoms with Gasteiger partial charge in [-0.3, -0.25) is 48.1 Å². The largest absolute Gasteiger partial charge is 0.480 e. The van der Waals surface area contributed by atoms with Crippen LogP contribution in [0.5, 0.6) is 0 Å². The lowest BCUT2D eigenvalue weighted by Gasteiger charge is -2.31. The number of hydrogen-bond donors (Lipinski definition) is 14. The number of nitrogens with zero attached hydrogens (tertiary/aromatic N) is 3. The Morgan fingerprint density at radius 2 is 1.38 bits per heavy atom. The van der Waals surface area contributed by atoms with Crippen molar-refractivity contribution in [2.24, 2.45) is 51.4 Å². The Morgan fingerprint density at radius 1 is 0.753 bits per heavy atom. The quantitative estimate of drug-likeness (QED) is 0.0182. The summed E-state index contributed by atoms with van der Waals surface area (Å²) in [5.41, 5.74) is 28.5. The van der Waals surface area contributed by atoms with Crippen molar-refractivity contribution in [3.05, 3.63) is 18.2 Å². The number of rotatable bonds is 33. The van der Waals surface area contributed by atoms with Gasteiger partial charge in [0.05, 0.1) is 18.9 Å². The molecule has 73 heavy (non-hydrogen) atoms. The summed E-state index contributed by atoms with van der Waals surface area (Å²) >= 11 is 0. The number of hydrogen-bond acceptors (Lipinski definition) is 14. The number of unbranched alkanes of at least 4 members (excludes halogenated alkanes) is 1. The number of imidazole rings is 1. The predicted molar refractivity (Wildman–Crippen MR) is 268 cm³/mol. The summed E-state index contributed by atoms with van der Waals surface area (Å²) in [5.74, 6) is -9.11. The number of aromatic nitrogens is 2. The first-order valence-electron chi connectivity index (χ1n) is 24.7. The monoisotopic (exact) mass is 1030 g/mol. The van der Waals surface area contributed by atoms with Gasteiger partial charge in [-0.1, -0.05) is 41.5 Å². The average Bonchev–Trinajstić information content (AvgIpc) is 4.03. The molecule has 0 aromatic carbocycles. The SMILES string of the molecule is CC(C)C[C@H](NC(=O)[C@@H](N)CCCN=C(N)N)C(=O)N[C@@H](CCCCN)C(=O)N[C@@H](CCC(N)=O)C(=O)N1CCC[C@H]1C(=O)N[C@H](C(=O)N[C@@H](Cc1cnc[nH]1)C(=O)NCC(=O)N[C@H](C(=O)O)C(C)C)C(C)C. The zero-order valence-corrected chi connectivity index (χ0v) is 42.9. The third-order valence-corrected chi connectivity index (χ3v) is 11.9. The van der Waals surface area contributed by atoms with Crippen molar-refractivity contribution in [3.8, 4) is 0 Å². The van der Waals surface area contributed by atoms with Crippen molar-refractivity contribution < 1.29 is 53.1 Å². The van der Waals surface area contributed by atoms with Gasteiger partial charge < -0.3 is 80.9 Å². The van der Waals surface area contributed by atoms with E-state index >= 15 is 0 Å². The minimum absolute atomic E-state index is 0.0620. The maximum absolute atomic E-state index is 14.4. The second-order valence-corrected chi connectivity index (χ2v) is 19.3. The lowest BCUT2D eigenvalue weighted by atomic mass is 10.0. The number of carbonyl (C=O) groups excluding carboxylic acids is 9. The van der Waals surface area contributed by atoms with Crippen molar-refractivity contribution in [1.29, 1.82) is 0 Å². The zero-order valence-electron chi connectivity index (χ0n) is 42.9. The van der Waals surface area contributed by atoms with E-state index in [-0.39, 0.29) is 76.5 Å². The number of aliphatic imine (C=N–C) groups is 1. The first kappa shape index (κ1) is 62.2. The summed E-state index contributed by atoms with van der Waals surface area (Å²) in [6.45, 7) is 10.2. The number of aromatic amines is 1. The number of primary amides is 1. The first-order valence-corrected chi connectivity index (χ1v) is 24.7. The molecule has 2 heterocycles. The predicted octanol–water partition coefficient (Wildman–Crippen LogP) is -3.81. The van der Waals surface area contributed by atoms with Crippen molar-refractivity contribution in [3.63, 3.8) is 0 Å². The van der Waals surface area contributed by atoms with E-state index in [2.05, 4.69) is 52.2 Å². The van der Waals surface area contributed by atoms with E-state index in [0.29, 0.717) is 31.4 Å². The number of likely N-dealkylation sites (tertiary alicyclic amines) is 1. The molecule has 0 bridgehead atoms. The molecule has 0 radical (unpaired) electrons. The lowest BCUT2D eigenvalue weighted by Crippen LogP contribution is -2.60. The maximum atomic E-state index is 14.4. The van der Waals surface area contributed by atoms with E-state index in [1.807, 2.05) is 13.8 Å². The third kappa shape index (κ3) is 22.2. The number of carbonyl (C=O) groups is 10. The van der Waals surface area contributed by atoms with E-state index in [1.165, 1.54) is 17.4 Å². The standard InChI is InChI=1S/C46H80N16O11/c1-24(2)19-31(58-38(65)28(48)11-9-17-53-46(50)51)41(68)56-29(12-7-8-16-47)40(67)57-30(14-15-34(49)63)44(71)62-18-10-13-33(62)42(69)61-36(25(3)4)43(70)59-32(20-27-21-52-23-55-27)39(66)54-22-35(64)60-37(26(5)6)45(72)73/h21,23-26,28-33,36-37H,7-20,22,47-48H2,1-6H3,(H2,49,63)(H,52,55)(H,54,66)(H,56,68)(H,57,67)(H,58,65)(H,59,70)(H,60,64)(H,61,69)(H,72,73)(H4,50,51,53)/t28-,29-,30-,31-,32-,33-,36-,37-/m0/s1. The molecule has 1 aromatic rings. The van der Waals surface area contributed by atoms with Crippen molar-refractivity contribution in [1.82, 2.24) is 52.1 Å². The lowest BCUT2D eigenvalue weighted by molar-refractivity contribution is -0.143. The maximum Gasteiger partial charge on any atom is 0.326 e. The number of carboxylic acids is 1. The molecule has 1 aliphatic heterocycles. The summed E-state index contributed by atoms with van der Waals surface area (Å²) in [7, 11) is 0. The molecule has 0 aliphatic carbocycles. The Balaban J connectivity index is 2.31. The molecule has 27 heteroatoms. The van der Waals surface area contributed by atoms with E-state index < -0.39 is 126 Å². The fraction of sp³-hybridized carbons (Fsp3) is 0.696. The molecule has 1 saturated heterocycles. The topological polar surface area (TPSA) is 450 Å². The molecular weight excluding hydrogens is 953 g/mol. The highest BCUT2D eigenvalue weighted by molar-refractivity contribution is 5.98. The summed E-state index contributed by atoms with van der Waals surface area (Å²) in [6.07, 6.45) is 4.32. The van der Waals surface area contributed by atoms with E-state index in [4.69, 9.17) is 28.7 Å². The van der Waals surface area contributed by atoms with Crippen LogP contribution in [0.15, 0.2) is 17.5 Å². The number of guanidine groups is 1. The first-order chi connectivity index (χ1) is 34.4. The third-order valence-electron chi connectivity index (χ3n) is 11.9. The zero-order chi connectivity index (χ0) is 54.9. The van der Waals surface area contributed by atoms with Gasteiger partial charge in [0.25, 0.3) is 0 Å². The highest BCUT2D eigenvalue weighted by Crippen LogP contribution is 2.21. The highest BCUT2D eigenvalue weighted by atomic mass is 16.4. The van der Waals surface area contributed by atoms with Crippen LogP contribution in [0.1, 0.15) is 111 Å². The van der Waals surface area contributed by atoms with E-state index in [0.717, 1.165) is 0 Å². The Hall–Kier alpha value is -6.90. The average molecular weight is 1030 g/mol. The minimum atomic E-state index is -1.40. The number of H-pyrrole nitrogens is 1. The molecule has 8 atom stereocenters. The van der Waals surface area contributed by atoms with Crippen molar-refractivity contribution >= 4 is 65.1 Å². The normalized spacial score (nSPS) is 16.2. The molecule has 2 rings (SSSR count). The molecular formula is C46H80N16O11. The molecule has 0 spiro atoms. The van der Waals surface area contributed by atoms with Gasteiger partial charge in [-0.2, -0.15) is 0 Å². The smallest absolute Gasteiger partial charge is 0.326 e. The van der Waals surface area contributed by atoms with Crippen LogP contribution in [0.3, 0.4) is 0 Å². The van der Waals surface area contributed by atoms with E-state index in [9.17, 15) is 53.1 Å². The Labute approximate surface area is 425 Å². The molecule has 0 saturated carbocycles. The highest BCUT2D eigenvalue weighted by Gasteiger charge is 2.41. The Kier molecular flexibility index (Phi) is 26.9. The Morgan fingerprint density at radius 3 is 1.96 bits per heavy atom. The molecule has 0 unspecified atom stereocenters. The molecule has 1 aliphatic rings. The van der Waals surface area contributed by atoms with Gasteiger partial charge in [-0.15, -0.1) is 0 Å². The summed E-state index contributed by atoms with van der Waals surface area (Å²) in [4.78, 5) is 145. The van der Waals surface area contributed by atoms with Crippen LogP contribution in [0.25, 0.3) is 0 Å². The number of nitrogens with one attached hydrogen (secondary N) is 8. The number of nitrogens with two attached hydrogens (primary N) is 5. The number of aliphatic carboxylic acids is 1. The Bertz CT molecular complexity index is 2050. The summed E-state index contributed by atoms with van der Waals surface area (Å²) in [5, 5.41) is 27.6. The van der Waals surface area contributed by atoms with Gasteiger partial charge in [-0.25, -0.2) is 9.78 Å². The summed E-state index contributed by atoms with van der Waals surface area (Å²) < 4.78 is 0. The van der Waals surface area contributed by atoms with Crippen molar-refractivity contribution in [2.45, 2.75) is 161 Å². The van der Waals surface area contributed by atoms with Crippen LogP contribution >= 0.6 is 0 Å². The second kappa shape index (κ2) is 31.5. The molecule has 19 N–H and O–H groups in total. The number of carboxylic acid groups (broad SMARTS) is 1. The summed E-state index contributed by atoms with van der Waals surface area (Å²) in [6, 6.07) is -9.66.